The highest BCUT2D eigenvalue weighted by Crippen LogP contribution is 2.34. The summed E-state index contributed by atoms with van der Waals surface area (Å²) in [7, 11) is -3.12. The summed E-state index contributed by atoms with van der Waals surface area (Å²) in [5, 5.41) is 11.7. The Morgan fingerprint density at radius 1 is 1.33 bits per heavy atom. The summed E-state index contributed by atoms with van der Waals surface area (Å²) in [6.07, 6.45) is 0. The molecule has 0 fully saturated rings. The summed E-state index contributed by atoms with van der Waals surface area (Å²) in [6, 6.07) is 3.10. The molecule has 0 unspecified atom stereocenters. The van der Waals surface area contributed by atoms with Crippen molar-refractivity contribution in [2.75, 3.05) is 17.2 Å². The molecule has 2 N–H and O–H groups in total. The molecular formula is C11H13Cl2N5O2S. The van der Waals surface area contributed by atoms with Gasteiger partial charge in [0.05, 0.1) is 22.3 Å². The lowest BCUT2D eigenvalue weighted by atomic mass is 10.2. The third-order valence-corrected chi connectivity index (χ3v) is 5.36. The van der Waals surface area contributed by atoms with E-state index in [1.807, 2.05) is 0 Å². The number of nitrogen functional groups attached to an aromatic ring is 1. The monoisotopic (exact) mass is 349 g/mol. The summed E-state index contributed by atoms with van der Waals surface area (Å²) in [6.45, 7) is 1.71. The number of halogens is 2. The molecule has 0 saturated heterocycles. The van der Waals surface area contributed by atoms with Gasteiger partial charge in [0.1, 0.15) is 0 Å². The molecule has 0 aliphatic carbocycles. The predicted octanol–water partition coefficient (Wildman–Crippen LogP) is 1.66. The van der Waals surface area contributed by atoms with Crippen molar-refractivity contribution >= 4 is 38.7 Å². The molecule has 2 aromatic rings. The maximum Gasteiger partial charge on any atom is 0.183 e. The normalized spacial score (nSPS) is 11.8. The molecule has 1 heterocycles. The van der Waals surface area contributed by atoms with Gasteiger partial charge >= 0.3 is 0 Å². The van der Waals surface area contributed by atoms with E-state index in [0.29, 0.717) is 17.1 Å². The van der Waals surface area contributed by atoms with Gasteiger partial charge in [-0.25, -0.2) is 13.1 Å². The number of tetrazole rings is 1. The van der Waals surface area contributed by atoms with Crippen molar-refractivity contribution in [2.45, 2.75) is 13.5 Å². The molecule has 1 aromatic heterocycles. The zero-order valence-electron chi connectivity index (χ0n) is 11.1. The lowest BCUT2D eigenvalue weighted by Gasteiger charge is -2.08. The number of aromatic nitrogens is 4. The van der Waals surface area contributed by atoms with E-state index in [2.05, 4.69) is 15.5 Å². The zero-order chi connectivity index (χ0) is 15.6. The number of rotatable bonds is 5. The van der Waals surface area contributed by atoms with Crippen molar-refractivity contribution in [1.82, 2.24) is 20.2 Å². The van der Waals surface area contributed by atoms with Crippen LogP contribution in [-0.2, 0) is 16.4 Å². The molecule has 0 spiro atoms. The molecule has 0 amide bonds. The largest absolute Gasteiger partial charge is 0.399 e. The Bertz CT molecular complexity index is 760. The Morgan fingerprint density at radius 2 is 2.05 bits per heavy atom. The van der Waals surface area contributed by atoms with E-state index in [0.717, 1.165) is 0 Å². The molecule has 2 rings (SSSR count). The molecule has 0 radical (unpaired) electrons. The van der Waals surface area contributed by atoms with Gasteiger partial charge in [0.2, 0.25) is 0 Å². The second-order valence-corrected chi connectivity index (χ2v) is 7.58. The SMILES string of the molecule is CCS(=O)(=O)CCn1nnnc1-c1cc(N)cc(Cl)c1Cl. The molecule has 0 bridgehead atoms. The Kier molecular flexibility index (Phi) is 4.70. The van der Waals surface area contributed by atoms with E-state index in [1.165, 1.54) is 10.7 Å². The van der Waals surface area contributed by atoms with Gasteiger partial charge in [0, 0.05) is 17.0 Å². The minimum Gasteiger partial charge on any atom is -0.399 e. The molecule has 0 atom stereocenters. The van der Waals surface area contributed by atoms with Crippen LogP contribution in [0.2, 0.25) is 10.0 Å². The van der Waals surface area contributed by atoms with Crippen LogP contribution in [0, 0.1) is 0 Å². The maximum absolute atomic E-state index is 11.6. The van der Waals surface area contributed by atoms with Crippen LogP contribution in [-0.4, -0.2) is 40.1 Å². The molecule has 0 saturated carbocycles. The number of nitrogens with two attached hydrogens (primary N) is 1. The number of nitrogens with zero attached hydrogens (tertiary/aromatic N) is 4. The van der Waals surface area contributed by atoms with Crippen molar-refractivity contribution in [3.8, 4) is 11.4 Å². The first-order valence-corrected chi connectivity index (χ1v) is 8.63. The summed E-state index contributed by atoms with van der Waals surface area (Å²) in [5.41, 5.74) is 6.60. The molecular weight excluding hydrogens is 337 g/mol. The van der Waals surface area contributed by atoms with Gasteiger partial charge in [-0.2, -0.15) is 0 Å². The number of hydrogen-bond acceptors (Lipinski definition) is 6. The smallest absolute Gasteiger partial charge is 0.183 e. The maximum atomic E-state index is 11.6. The van der Waals surface area contributed by atoms with E-state index in [4.69, 9.17) is 28.9 Å². The number of hydrogen-bond donors (Lipinski definition) is 1. The Morgan fingerprint density at radius 3 is 2.71 bits per heavy atom. The molecule has 114 valence electrons. The summed E-state index contributed by atoms with van der Waals surface area (Å²) < 4.78 is 24.5. The van der Waals surface area contributed by atoms with Crippen LogP contribution < -0.4 is 5.73 Å². The van der Waals surface area contributed by atoms with Crippen LogP contribution >= 0.6 is 23.2 Å². The third-order valence-electron chi connectivity index (χ3n) is 2.88. The summed E-state index contributed by atoms with van der Waals surface area (Å²) in [5.74, 6) is 0.324. The topological polar surface area (TPSA) is 104 Å². The first-order valence-electron chi connectivity index (χ1n) is 6.05. The highest BCUT2D eigenvalue weighted by Gasteiger charge is 2.17. The van der Waals surface area contributed by atoms with Crippen LogP contribution in [0.5, 0.6) is 0 Å². The first kappa shape index (κ1) is 16.0. The van der Waals surface area contributed by atoms with Gasteiger partial charge in [-0.15, -0.1) is 5.10 Å². The van der Waals surface area contributed by atoms with E-state index in [-0.39, 0.29) is 28.1 Å². The Labute approximate surface area is 132 Å². The minimum absolute atomic E-state index is 0.0603. The van der Waals surface area contributed by atoms with Crippen LogP contribution in [0.25, 0.3) is 11.4 Å². The number of sulfone groups is 1. The Balaban J connectivity index is 2.37. The van der Waals surface area contributed by atoms with Crippen LogP contribution in [0.1, 0.15) is 6.92 Å². The fraction of sp³-hybridized carbons (Fsp3) is 0.364. The number of aryl methyl sites for hydroxylation is 1. The van der Waals surface area contributed by atoms with Crippen molar-refractivity contribution in [1.29, 1.82) is 0 Å². The summed E-state index contributed by atoms with van der Waals surface area (Å²) >= 11 is 12.1. The van der Waals surface area contributed by atoms with Crippen LogP contribution in [0.4, 0.5) is 5.69 Å². The molecule has 0 aliphatic rings. The van der Waals surface area contributed by atoms with Gasteiger partial charge in [-0.05, 0) is 22.6 Å². The van der Waals surface area contributed by atoms with Crippen molar-refractivity contribution in [3.05, 3.63) is 22.2 Å². The van der Waals surface area contributed by atoms with Gasteiger partial charge in [0.25, 0.3) is 0 Å². The Hall–Kier alpha value is -1.38. The highest BCUT2D eigenvalue weighted by molar-refractivity contribution is 7.91. The predicted molar refractivity (Wildman–Crippen MR) is 82.0 cm³/mol. The van der Waals surface area contributed by atoms with Crippen LogP contribution in [0.15, 0.2) is 12.1 Å². The second-order valence-electron chi connectivity index (χ2n) is 4.33. The lowest BCUT2D eigenvalue weighted by molar-refractivity contribution is 0.577. The summed E-state index contributed by atoms with van der Waals surface area (Å²) in [4.78, 5) is 0. The van der Waals surface area contributed by atoms with Crippen molar-refractivity contribution in [3.63, 3.8) is 0 Å². The quantitative estimate of drug-likeness (QED) is 0.823. The lowest BCUT2D eigenvalue weighted by Crippen LogP contribution is -2.16. The highest BCUT2D eigenvalue weighted by atomic mass is 35.5. The average molecular weight is 350 g/mol. The number of anilines is 1. The van der Waals surface area contributed by atoms with E-state index in [1.54, 1.807) is 13.0 Å². The van der Waals surface area contributed by atoms with Gasteiger partial charge in [-0.1, -0.05) is 30.1 Å². The van der Waals surface area contributed by atoms with E-state index in [9.17, 15) is 8.42 Å². The second kappa shape index (κ2) is 6.17. The first-order chi connectivity index (χ1) is 9.84. The van der Waals surface area contributed by atoms with Crippen molar-refractivity contribution < 1.29 is 8.42 Å². The van der Waals surface area contributed by atoms with E-state index >= 15 is 0 Å². The van der Waals surface area contributed by atoms with Gasteiger partial charge in [-0.3, -0.25) is 0 Å². The average Bonchev–Trinajstić information content (AvgIpc) is 2.89. The molecule has 7 nitrogen and oxygen atoms in total. The fourth-order valence-corrected chi connectivity index (χ4v) is 2.85. The van der Waals surface area contributed by atoms with Crippen molar-refractivity contribution in [2.24, 2.45) is 0 Å². The van der Waals surface area contributed by atoms with Gasteiger partial charge in [0.15, 0.2) is 15.7 Å². The molecule has 0 aliphatic heterocycles. The van der Waals surface area contributed by atoms with Crippen LogP contribution in [0.3, 0.4) is 0 Å². The standard InChI is InChI=1S/C11H13Cl2N5O2S/c1-2-21(19,20)4-3-18-11(15-16-17-18)8-5-7(14)6-9(12)10(8)13/h5-6H,2-4,14H2,1H3. The number of benzene rings is 1. The zero-order valence-corrected chi connectivity index (χ0v) is 13.5. The molecule has 1 aromatic carbocycles. The van der Waals surface area contributed by atoms with Gasteiger partial charge < -0.3 is 5.73 Å². The molecule has 21 heavy (non-hydrogen) atoms. The molecule has 10 heteroatoms. The fourth-order valence-electron chi connectivity index (χ4n) is 1.69. The van der Waals surface area contributed by atoms with E-state index < -0.39 is 9.84 Å². The third kappa shape index (κ3) is 3.63. The minimum atomic E-state index is -3.12.